The maximum absolute atomic E-state index is 12.3. The number of H-pyrrole nitrogens is 1. The van der Waals surface area contributed by atoms with Crippen molar-refractivity contribution < 1.29 is 9.28 Å². The van der Waals surface area contributed by atoms with Crippen LogP contribution in [0.1, 0.15) is 29.4 Å². The molecule has 1 aliphatic heterocycles. The first-order valence-corrected chi connectivity index (χ1v) is 7.97. The number of quaternary nitrogens is 1. The normalized spacial score (nSPS) is 23.7. The van der Waals surface area contributed by atoms with Crippen molar-refractivity contribution in [3.63, 3.8) is 0 Å². The third-order valence-electron chi connectivity index (χ3n) is 4.55. The largest absolute Gasteiger partial charge is 0.315 e. The van der Waals surface area contributed by atoms with Crippen LogP contribution in [-0.4, -0.2) is 66.0 Å². The third-order valence-corrected chi connectivity index (χ3v) is 4.55. The fourth-order valence-corrected chi connectivity index (χ4v) is 3.25. The molecule has 2 rings (SSSR count). The molecule has 7 heteroatoms. The van der Waals surface area contributed by atoms with Crippen LogP contribution in [0.4, 0.5) is 0 Å². The Labute approximate surface area is 131 Å². The quantitative estimate of drug-likeness (QED) is 0.329. The average molecular weight is 310 g/mol. The number of Topliss-reactive ketones (excluding diaryl/α,β-unsaturated/α-hetero) is 1. The highest BCUT2D eigenvalue weighted by molar-refractivity contribution is 5.98. The van der Waals surface area contributed by atoms with Crippen molar-refractivity contribution in [2.45, 2.75) is 26.4 Å². The first-order chi connectivity index (χ1) is 10.4. The van der Waals surface area contributed by atoms with Gasteiger partial charge in [0, 0.05) is 19.3 Å². The number of carbonyl (C=O) groups is 1. The van der Waals surface area contributed by atoms with Crippen LogP contribution in [0.5, 0.6) is 0 Å². The second kappa shape index (κ2) is 6.76. The lowest BCUT2D eigenvalue weighted by atomic mass is 10.1. The summed E-state index contributed by atoms with van der Waals surface area (Å²) in [5.41, 5.74) is 0.670. The molecule has 1 aromatic heterocycles. The molecule has 0 amide bonds. The Bertz CT molecular complexity index is 591. The summed E-state index contributed by atoms with van der Waals surface area (Å²) < 4.78 is 2.37. The van der Waals surface area contributed by atoms with Crippen molar-refractivity contribution in [3.05, 3.63) is 21.6 Å². The predicted octanol–water partition coefficient (Wildman–Crippen LogP) is -0.420. The van der Waals surface area contributed by atoms with E-state index in [1.165, 1.54) is 4.68 Å². The molecule has 2 atom stereocenters. The van der Waals surface area contributed by atoms with Crippen LogP contribution in [-0.2, 0) is 7.05 Å². The summed E-state index contributed by atoms with van der Waals surface area (Å²) in [5, 5.41) is 9.40. The highest BCUT2D eigenvalue weighted by Crippen LogP contribution is 2.28. The molecule has 0 radical (unpaired) electrons. The lowest BCUT2D eigenvalue weighted by Gasteiger charge is -2.20. The number of aromatic nitrogens is 2. The molecule has 2 heterocycles. The van der Waals surface area contributed by atoms with Gasteiger partial charge in [-0.3, -0.25) is 29.2 Å². The van der Waals surface area contributed by atoms with Gasteiger partial charge in [0.05, 0.1) is 19.6 Å². The Hall–Kier alpha value is -1.44. The van der Waals surface area contributed by atoms with Gasteiger partial charge in [-0.2, -0.15) is 0 Å². The average Bonchev–Trinajstić information content (AvgIpc) is 3.09. The molecule has 0 saturated carbocycles. The Morgan fingerprint density at radius 3 is 2.73 bits per heavy atom. The number of nitrogens with zero attached hydrogens (tertiary/aromatic N) is 2. The van der Waals surface area contributed by atoms with Crippen LogP contribution < -0.4 is 16.2 Å². The van der Waals surface area contributed by atoms with E-state index in [4.69, 9.17) is 0 Å². The van der Waals surface area contributed by atoms with E-state index in [-0.39, 0.29) is 23.5 Å². The minimum atomic E-state index is -0.246. The predicted molar refractivity (Wildman–Crippen MR) is 86.0 cm³/mol. The molecule has 1 saturated heterocycles. The zero-order chi connectivity index (χ0) is 16.3. The van der Waals surface area contributed by atoms with Crippen LogP contribution in [0.3, 0.4) is 0 Å². The molecule has 0 spiro atoms. The summed E-state index contributed by atoms with van der Waals surface area (Å²) in [6, 6.07) is 0. The molecule has 3 N–H and O–H groups in total. The second-order valence-corrected chi connectivity index (χ2v) is 6.25. The monoisotopic (exact) mass is 310 g/mol. The van der Waals surface area contributed by atoms with Crippen LogP contribution in [0.2, 0.25) is 0 Å². The highest BCUT2D eigenvalue weighted by Gasteiger charge is 2.53. The number of hydrogen-bond acceptors (Lipinski definition) is 4. The van der Waals surface area contributed by atoms with E-state index in [0.29, 0.717) is 11.9 Å². The van der Waals surface area contributed by atoms with Crippen molar-refractivity contribution in [2.75, 3.05) is 39.8 Å². The Morgan fingerprint density at radius 2 is 2.18 bits per heavy atom. The van der Waals surface area contributed by atoms with Gasteiger partial charge in [-0.1, -0.05) is 6.92 Å². The number of hydrogen-bond donors (Lipinski definition) is 3. The van der Waals surface area contributed by atoms with Crippen molar-refractivity contribution in [1.29, 1.82) is 0 Å². The van der Waals surface area contributed by atoms with Gasteiger partial charge in [-0.25, -0.2) is 0 Å². The van der Waals surface area contributed by atoms with Gasteiger partial charge in [0.15, 0.2) is 11.9 Å². The van der Waals surface area contributed by atoms with Crippen LogP contribution in [0.25, 0.3) is 0 Å². The van der Waals surface area contributed by atoms with Crippen LogP contribution >= 0.6 is 0 Å². The molecule has 124 valence electrons. The zero-order valence-electron chi connectivity index (χ0n) is 14.0. The second-order valence-electron chi connectivity index (χ2n) is 6.25. The maximum atomic E-state index is 12.3. The maximum Gasteiger partial charge on any atom is 0.277 e. The summed E-state index contributed by atoms with van der Waals surface area (Å²) >= 11 is 0. The van der Waals surface area contributed by atoms with Crippen molar-refractivity contribution >= 4 is 5.78 Å². The van der Waals surface area contributed by atoms with Gasteiger partial charge in [0.1, 0.15) is 12.1 Å². The number of ketones is 1. The van der Waals surface area contributed by atoms with Crippen molar-refractivity contribution in [1.82, 2.24) is 20.4 Å². The summed E-state index contributed by atoms with van der Waals surface area (Å²) in [4.78, 5) is 24.2. The zero-order valence-corrected chi connectivity index (χ0v) is 14.0. The van der Waals surface area contributed by atoms with Gasteiger partial charge < -0.3 is 5.32 Å². The molecular weight excluding hydrogens is 282 g/mol. The highest BCUT2D eigenvalue weighted by atomic mass is 16.2. The molecule has 1 aliphatic rings. The van der Waals surface area contributed by atoms with Gasteiger partial charge >= 0.3 is 0 Å². The van der Waals surface area contributed by atoms with Gasteiger partial charge in [-0.05, 0) is 20.4 Å². The van der Waals surface area contributed by atoms with E-state index in [0.717, 1.165) is 37.1 Å². The SMILES string of the molecule is CCC[N+]1(CCNC)CC1NCC(=O)c1c(C)[nH]n(C)c1=O. The molecule has 22 heavy (non-hydrogen) atoms. The van der Waals surface area contributed by atoms with E-state index in [2.05, 4.69) is 22.7 Å². The molecule has 7 nitrogen and oxygen atoms in total. The third kappa shape index (κ3) is 3.31. The first-order valence-electron chi connectivity index (χ1n) is 7.97. The smallest absolute Gasteiger partial charge is 0.277 e. The fraction of sp³-hybridized carbons (Fsp3) is 0.733. The Balaban J connectivity index is 1.93. The first kappa shape index (κ1) is 16.9. The Morgan fingerprint density at radius 1 is 1.45 bits per heavy atom. The molecule has 0 aliphatic carbocycles. The Kier molecular flexibility index (Phi) is 5.20. The van der Waals surface area contributed by atoms with E-state index < -0.39 is 0 Å². The topological polar surface area (TPSA) is 78.9 Å². The standard InChI is InChI=1S/C15H27N5O2/c1-5-7-20(8-6-16-3)10-13(20)17-9-12(21)14-11(2)18-19(4)15(14)22/h13,16-17H,5-10H2,1-4H3/p+1. The number of carbonyl (C=O) groups excluding carboxylic acids is 1. The van der Waals surface area contributed by atoms with E-state index in [9.17, 15) is 9.59 Å². The van der Waals surface area contributed by atoms with E-state index in [1.807, 2.05) is 7.05 Å². The summed E-state index contributed by atoms with van der Waals surface area (Å²) in [6.45, 7) is 8.40. The minimum absolute atomic E-state index is 0.130. The van der Waals surface area contributed by atoms with Gasteiger partial charge in [0.2, 0.25) is 0 Å². The van der Waals surface area contributed by atoms with Crippen molar-refractivity contribution in [2.24, 2.45) is 7.05 Å². The summed E-state index contributed by atoms with van der Waals surface area (Å²) in [5.74, 6) is -0.130. The number of likely N-dealkylation sites (N-methyl/N-ethyl adjacent to an activating group) is 1. The van der Waals surface area contributed by atoms with Gasteiger partial charge in [0.25, 0.3) is 5.56 Å². The number of nitrogens with one attached hydrogen (secondary N) is 3. The van der Waals surface area contributed by atoms with Crippen molar-refractivity contribution in [3.8, 4) is 0 Å². The molecular formula is C15H28N5O2+. The lowest BCUT2D eigenvalue weighted by molar-refractivity contribution is -0.814. The fourth-order valence-electron chi connectivity index (χ4n) is 3.25. The number of aryl methyl sites for hydroxylation is 2. The minimum Gasteiger partial charge on any atom is -0.315 e. The lowest BCUT2D eigenvalue weighted by Crippen LogP contribution is -2.41. The number of aromatic amines is 1. The molecule has 0 bridgehead atoms. The van der Waals surface area contributed by atoms with Crippen LogP contribution in [0.15, 0.2) is 4.79 Å². The van der Waals surface area contributed by atoms with E-state index >= 15 is 0 Å². The molecule has 1 fully saturated rings. The molecule has 0 aromatic carbocycles. The van der Waals surface area contributed by atoms with E-state index in [1.54, 1.807) is 14.0 Å². The van der Waals surface area contributed by atoms with Gasteiger partial charge in [-0.15, -0.1) is 0 Å². The summed E-state index contributed by atoms with van der Waals surface area (Å²) in [7, 11) is 3.59. The molecule has 1 aromatic rings. The molecule has 2 unspecified atom stereocenters. The number of rotatable bonds is 9. The van der Waals surface area contributed by atoms with Crippen LogP contribution in [0, 0.1) is 6.92 Å². The summed E-state index contributed by atoms with van der Waals surface area (Å²) in [6.07, 6.45) is 1.47.